The Morgan fingerprint density at radius 1 is 1.24 bits per heavy atom. The van der Waals surface area contributed by atoms with Crippen LogP contribution in [0.25, 0.3) is 0 Å². The first-order valence-electron chi connectivity index (χ1n) is 13.0. The zero-order valence-corrected chi connectivity index (χ0v) is 21.6. The van der Waals surface area contributed by atoms with Gasteiger partial charge in [-0.15, -0.1) is 0 Å². The number of ether oxygens (including phenoxy) is 1. The summed E-state index contributed by atoms with van der Waals surface area (Å²) in [7, 11) is 0. The van der Waals surface area contributed by atoms with E-state index in [2.05, 4.69) is 45.7 Å². The SMILES string of the molecule is C=C1CC[C@@H]2C(C)(C)CCC[C@]2(C)[C@H]1CC/C(C)=C/CC[C@H](C)OC(=O)Nc1ccccc1. The smallest absolute Gasteiger partial charge is 0.411 e. The molecule has 0 bridgehead atoms. The molecule has 1 N–H and O–H groups in total. The first-order valence-corrected chi connectivity index (χ1v) is 13.0. The maximum Gasteiger partial charge on any atom is 0.411 e. The normalized spacial score (nSPS) is 28.0. The van der Waals surface area contributed by atoms with Crippen molar-refractivity contribution in [1.29, 1.82) is 0 Å². The summed E-state index contributed by atoms with van der Waals surface area (Å²) < 4.78 is 5.51. The van der Waals surface area contributed by atoms with Crippen LogP contribution >= 0.6 is 0 Å². The van der Waals surface area contributed by atoms with Crippen LogP contribution in [0.4, 0.5) is 10.5 Å². The minimum atomic E-state index is -0.386. The number of amides is 1. The Morgan fingerprint density at radius 2 is 1.97 bits per heavy atom. The number of carbonyl (C=O) groups excluding carboxylic acids is 1. The van der Waals surface area contributed by atoms with E-state index >= 15 is 0 Å². The standard InChI is InChI=1S/C30H45NO2/c1-22(12-10-13-24(3)33-28(32)31-25-14-8-7-9-15-25)16-18-26-23(2)17-19-27-29(4,5)20-11-21-30(26,27)6/h7-9,12,14-15,24,26-27H,2,10-11,13,16-21H2,1,3-6H3,(H,31,32)/b22-12+/t24-,26-,27+,30+/m0/s1. The van der Waals surface area contributed by atoms with Crippen molar-refractivity contribution in [2.45, 2.75) is 98.5 Å². The summed E-state index contributed by atoms with van der Waals surface area (Å²) in [6.45, 7) is 16.3. The number of anilines is 1. The summed E-state index contributed by atoms with van der Waals surface area (Å²) in [4.78, 5) is 12.1. The van der Waals surface area contributed by atoms with Gasteiger partial charge in [0, 0.05) is 5.69 Å². The summed E-state index contributed by atoms with van der Waals surface area (Å²) in [6, 6.07) is 9.42. The van der Waals surface area contributed by atoms with Crippen LogP contribution in [0, 0.1) is 22.7 Å². The summed E-state index contributed by atoms with van der Waals surface area (Å²) in [5.41, 5.74) is 4.56. The molecule has 2 aliphatic carbocycles. The van der Waals surface area contributed by atoms with Gasteiger partial charge in [0.2, 0.25) is 0 Å². The minimum absolute atomic E-state index is 0.111. The number of benzene rings is 1. The maximum atomic E-state index is 12.1. The lowest BCUT2D eigenvalue weighted by atomic mass is 9.47. The molecule has 0 heterocycles. The van der Waals surface area contributed by atoms with Crippen molar-refractivity contribution in [3.63, 3.8) is 0 Å². The summed E-state index contributed by atoms with van der Waals surface area (Å²) in [5, 5.41) is 2.78. The molecule has 1 amide bonds. The Morgan fingerprint density at radius 3 is 2.70 bits per heavy atom. The molecule has 0 radical (unpaired) electrons. The fourth-order valence-corrected chi connectivity index (χ4v) is 6.76. The van der Waals surface area contributed by atoms with Crippen LogP contribution in [-0.4, -0.2) is 12.2 Å². The van der Waals surface area contributed by atoms with Crippen LogP contribution in [0.15, 0.2) is 54.1 Å². The van der Waals surface area contributed by atoms with Crippen molar-refractivity contribution in [3.8, 4) is 0 Å². The molecule has 1 aromatic carbocycles. The van der Waals surface area contributed by atoms with E-state index in [-0.39, 0.29) is 12.2 Å². The topological polar surface area (TPSA) is 38.3 Å². The Balaban J connectivity index is 1.45. The van der Waals surface area contributed by atoms with Gasteiger partial charge in [-0.05, 0) is 100 Å². The van der Waals surface area contributed by atoms with Gasteiger partial charge in [-0.2, -0.15) is 0 Å². The number of allylic oxidation sites excluding steroid dienone is 3. The van der Waals surface area contributed by atoms with Gasteiger partial charge in [-0.25, -0.2) is 4.79 Å². The predicted molar refractivity (Wildman–Crippen MR) is 139 cm³/mol. The lowest BCUT2D eigenvalue weighted by Crippen LogP contribution is -2.49. The highest BCUT2D eigenvalue weighted by Gasteiger charge is 2.52. The average molecular weight is 452 g/mol. The van der Waals surface area contributed by atoms with E-state index in [9.17, 15) is 4.79 Å². The average Bonchev–Trinajstić information content (AvgIpc) is 2.73. The van der Waals surface area contributed by atoms with Crippen molar-refractivity contribution < 1.29 is 9.53 Å². The Hall–Kier alpha value is -2.03. The first kappa shape index (κ1) is 25.6. The van der Waals surface area contributed by atoms with E-state index in [1.807, 2.05) is 37.3 Å². The second-order valence-corrected chi connectivity index (χ2v) is 11.5. The Kier molecular flexibility index (Phi) is 8.48. The van der Waals surface area contributed by atoms with Crippen molar-refractivity contribution in [2.24, 2.45) is 22.7 Å². The van der Waals surface area contributed by atoms with Crippen LogP contribution in [0.3, 0.4) is 0 Å². The molecule has 2 fully saturated rings. The van der Waals surface area contributed by atoms with E-state index in [4.69, 9.17) is 4.74 Å². The second kappa shape index (κ2) is 10.9. The molecule has 2 saturated carbocycles. The first-order chi connectivity index (χ1) is 15.6. The van der Waals surface area contributed by atoms with Gasteiger partial charge < -0.3 is 4.74 Å². The van der Waals surface area contributed by atoms with Gasteiger partial charge in [0.25, 0.3) is 0 Å². The Bertz CT molecular complexity index is 840. The molecule has 3 rings (SSSR count). The monoisotopic (exact) mass is 451 g/mol. The highest BCUT2D eigenvalue weighted by atomic mass is 16.6. The maximum absolute atomic E-state index is 12.1. The van der Waals surface area contributed by atoms with Crippen molar-refractivity contribution in [2.75, 3.05) is 5.32 Å². The van der Waals surface area contributed by atoms with Crippen LogP contribution < -0.4 is 5.32 Å². The number of para-hydroxylation sites is 1. The molecule has 4 atom stereocenters. The summed E-state index contributed by atoms with van der Waals surface area (Å²) in [6.07, 6.45) is 12.6. The molecule has 0 aromatic heterocycles. The number of hydrogen-bond donors (Lipinski definition) is 1. The highest BCUT2D eigenvalue weighted by Crippen LogP contribution is 2.61. The molecular weight excluding hydrogens is 406 g/mol. The third-order valence-electron chi connectivity index (χ3n) is 8.54. The molecule has 33 heavy (non-hydrogen) atoms. The molecule has 0 unspecified atom stereocenters. The van der Waals surface area contributed by atoms with E-state index in [1.54, 1.807) is 0 Å². The summed E-state index contributed by atoms with van der Waals surface area (Å²) >= 11 is 0. The third kappa shape index (κ3) is 6.52. The quantitative estimate of drug-likeness (QED) is 0.401. The zero-order valence-electron chi connectivity index (χ0n) is 21.6. The fourth-order valence-electron chi connectivity index (χ4n) is 6.76. The van der Waals surface area contributed by atoms with E-state index < -0.39 is 0 Å². The molecule has 2 aliphatic rings. The van der Waals surface area contributed by atoms with Gasteiger partial charge in [0.05, 0.1) is 0 Å². The van der Waals surface area contributed by atoms with Gasteiger partial charge >= 0.3 is 6.09 Å². The highest BCUT2D eigenvalue weighted by molar-refractivity contribution is 5.84. The van der Waals surface area contributed by atoms with Crippen LogP contribution in [-0.2, 0) is 4.74 Å². The molecule has 0 spiro atoms. The zero-order chi connectivity index (χ0) is 24.1. The number of rotatable bonds is 8. The van der Waals surface area contributed by atoms with Gasteiger partial charge in [-0.1, -0.05) is 69.2 Å². The fraction of sp³-hybridized carbons (Fsp3) is 0.633. The van der Waals surface area contributed by atoms with Gasteiger partial charge in [0.1, 0.15) is 6.10 Å². The lowest BCUT2D eigenvalue weighted by molar-refractivity contribution is -0.0539. The number of fused-ring (bicyclic) bond motifs is 1. The molecule has 3 heteroatoms. The van der Waals surface area contributed by atoms with Crippen molar-refractivity contribution in [1.82, 2.24) is 0 Å². The minimum Gasteiger partial charge on any atom is -0.446 e. The van der Waals surface area contributed by atoms with Crippen LogP contribution in [0.5, 0.6) is 0 Å². The second-order valence-electron chi connectivity index (χ2n) is 11.5. The van der Waals surface area contributed by atoms with Gasteiger partial charge in [0.15, 0.2) is 0 Å². The number of hydrogen-bond acceptors (Lipinski definition) is 2. The molecule has 0 saturated heterocycles. The van der Waals surface area contributed by atoms with Crippen molar-refractivity contribution >= 4 is 11.8 Å². The summed E-state index contributed by atoms with van der Waals surface area (Å²) in [5.74, 6) is 1.46. The van der Waals surface area contributed by atoms with Crippen molar-refractivity contribution in [3.05, 3.63) is 54.1 Å². The van der Waals surface area contributed by atoms with Crippen LogP contribution in [0.2, 0.25) is 0 Å². The molecule has 0 aliphatic heterocycles. The van der Waals surface area contributed by atoms with E-state index in [0.29, 0.717) is 16.7 Å². The van der Waals surface area contributed by atoms with Crippen LogP contribution in [0.1, 0.15) is 92.4 Å². The largest absolute Gasteiger partial charge is 0.446 e. The van der Waals surface area contributed by atoms with E-state index in [0.717, 1.165) is 30.9 Å². The molecular formula is C30H45NO2. The molecule has 3 nitrogen and oxygen atoms in total. The predicted octanol–water partition coefficient (Wildman–Crippen LogP) is 8.93. The Labute approximate surface area is 202 Å². The lowest BCUT2D eigenvalue weighted by Gasteiger charge is -2.58. The number of carbonyl (C=O) groups is 1. The molecule has 182 valence electrons. The van der Waals surface area contributed by atoms with E-state index in [1.165, 1.54) is 49.7 Å². The molecule has 1 aromatic rings. The number of nitrogens with one attached hydrogen (secondary N) is 1. The third-order valence-corrected chi connectivity index (χ3v) is 8.54. The van der Waals surface area contributed by atoms with Gasteiger partial charge in [-0.3, -0.25) is 5.32 Å².